The van der Waals surface area contributed by atoms with Crippen LogP contribution in [0.1, 0.15) is 27.4 Å². The molecule has 0 fully saturated rings. The number of nitrogens with two attached hydrogens (primary N) is 1. The number of nitrogen functional groups attached to an aromatic ring is 1. The van der Waals surface area contributed by atoms with Crippen molar-refractivity contribution < 1.29 is 9.90 Å². The number of aromatic carboxylic acids is 1. The lowest BCUT2D eigenvalue weighted by molar-refractivity contribution is 0.0690. The summed E-state index contributed by atoms with van der Waals surface area (Å²) in [6.07, 6.45) is 0. The van der Waals surface area contributed by atoms with Gasteiger partial charge in [-0.1, -0.05) is 0 Å². The fraction of sp³-hybridized carbons (Fsp3) is 0.308. The smallest absolute Gasteiger partial charge is 0.354 e. The lowest BCUT2D eigenvalue weighted by Gasteiger charge is -2.09. The molecular weight excluding hydrogens is 258 g/mol. The summed E-state index contributed by atoms with van der Waals surface area (Å²) in [6.45, 7) is 4.39. The van der Waals surface area contributed by atoms with E-state index in [1.54, 1.807) is 4.68 Å². The van der Waals surface area contributed by atoms with E-state index in [1.807, 2.05) is 20.9 Å². The Balaban J connectivity index is 2.22. The highest BCUT2D eigenvalue weighted by molar-refractivity contribution is 5.86. The van der Waals surface area contributed by atoms with Gasteiger partial charge in [0, 0.05) is 24.8 Å². The fourth-order valence-electron chi connectivity index (χ4n) is 1.98. The Labute approximate surface area is 116 Å². The number of pyridine rings is 1. The Bertz CT molecular complexity index is 663. The molecule has 2 heterocycles. The fourth-order valence-corrected chi connectivity index (χ4v) is 1.98. The zero-order chi connectivity index (χ0) is 14.9. The lowest BCUT2D eigenvalue weighted by atomic mass is 10.2. The van der Waals surface area contributed by atoms with Crippen LogP contribution in [0.2, 0.25) is 0 Å². The van der Waals surface area contributed by atoms with E-state index in [2.05, 4.69) is 15.4 Å². The van der Waals surface area contributed by atoms with Crippen LogP contribution in [-0.4, -0.2) is 25.8 Å². The molecule has 106 valence electrons. The van der Waals surface area contributed by atoms with E-state index in [-0.39, 0.29) is 5.69 Å². The standard InChI is InChI=1S/C13H17N5O2/c1-7-9(8(2)18(3)17-7)6-15-12-10(14)4-5-11(16-12)13(19)20/h4-5H,6,14H2,1-3H3,(H,15,16)(H,19,20). The second kappa shape index (κ2) is 5.20. The van der Waals surface area contributed by atoms with Gasteiger partial charge >= 0.3 is 5.97 Å². The zero-order valence-electron chi connectivity index (χ0n) is 11.6. The number of carboxylic acid groups (broad SMARTS) is 1. The van der Waals surface area contributed by atoms with Crippen molar-refractivity contribution in [2.45, 2.75) is 20.4 Å². The molecule has 4 N–H and O–H groups in total. The van der Waals surface area contributed by atoms with E-state index in [9.17, 15) is 4.79 Å². The molecule has 0 saturated heterocycles. The predicted octanol–water partition coefficient (Wildman–Crippen LogP) is 1.32. The van der Waals surface area contributed by atoms with E-state index in [0.29, 0.717) is 18.1 Å². The van der Waals surface area contributed by atoms with Crippen LogP contribution in [0.25, 0.3) is 0 Å². The molecule has 7 heteroatoms. The van der Waals surface area contributed by atoms with Crippen molar-refractivity contribution in [3.8, 4) is 0 Å². The van der Waals surface area contributed by atoms with Crippen LogP contribution in [0.4, 0.5) is 11.5 Å². The molecule has 0 aromatic carbocycles. The summed E-state index contributed by atoms with van der Waals surface area (Å²) in [7, 11) is 1.88. The van der Waals surface area contributed by atoms with Crippen molar-refractivity contribution in [3.63, 3.8) is 0 Å². The molecule has 0 aliphatic heterocycles. The van der Waals surface area contributed by atoms with E-state index in [1.165, 1.54) is 12.1 Å². The van der Waals surface area contributed by atoms with Gasteiger partial charge < -0.3 is 16.2 Å². The summed E-state index contributed by atoms with van der Waals surface area (Å²) in [6, 6.07) is 2.91. The zero-order valence-corrected chi connectivity index (χ0v) is 11.6. The molecule has 2 aromatic rings. The summed E-state index contributed by atoms with van der Waals surface area (Å²) < 4.78 is 1.80. The van der Waals surface area contributed by atoms with Gasteiger partial charge in [-0.3, -0.25) is 4.68 Å². The molecule has 0 radical (unpaired) electrons. The molecular formula is C13H17N5O2. The third-order valence-corrected chi connectivity index (χ3v) is 3.24. The monoisotopic (exact) mass is 275 g/mol. The van der Waals surface area contributed by atoms with E-state index in [0.717, 1.165) is 17.0 Å². The maximum atomic E-state index is 10.9. The van der Waals surface area contributed by atoms with Crippen molar-refractivity contribution >= 4 is 17.5 Å². The number of carboxylic acids is 1. The SMILES string of the molecule is Cc1nn(C)c(C)c1CNc1nc(C(=O)O)ccc1N. The topological polar surface area (TPSA) is 106 Å². The summed E-state index contributed by atoms with van der Waals surface area (Å²) in [5, 5.41) is 16.3. The van der Waals surface area contributed by atoms with E-state index >= 15 is 0 Å². The van der Waals surface area contributed by atoms with E-state index in [4.69, 9.17) is 10.8 Å². The minimum absolute atomic E-state index is 0.0404. The Hall–Kier alpha value is -2.57. The maximum Gasteiger partial charge on any atom is 0.354 e. The average molecular weight is 275 g/mol. The molecule has 0 amide bonds. The number of aromatic nitrogens is 3. The normalized spacial score (nSPS) is 10.6. The molecule has 0 atom stereocenters. The molecule has 0 spiro atoms. The molecule has 0 aliphatic rings. The van der Waals surface area contributed by atoms with Crippen LogP contribution >= 0.6 is 0 Å². The van der Waals surface area contributed by atoms with Gasteiger partial charge in [0.25, 0.3) is 0 Å². The Kier molecular flexibility index (Phi) is 3.60. The van der Waals surface area contributed by atoms with Gasteiger partial charge in [-0.25, -0.2) is 9.78 Å². The number of anilines is 2. The van der Waals surface area contributed by atoms with Crippen molar-refractivity contribution in [2.24, 2.45) is 7.05 Å². The first-order valence-electron chi connectivity index (χ1n) is 6.13. The molecule has 0 unspecified atom stereocenters. The maximum absolute atomic E-state index is 10.9. The average Bonchev–Trinajstić information content (AvgIpc) is 2.63. The predicted molar refractivity (Wildman–Crippen MR) is 75.6 cm³/mol. The minimum atomic E-state index is -1.08. The Morgan fingerprint density at radius 3 is 2.70 bits per heavy atom. The third kappa shape index (κ3) is 2.56. The molecule has 0 aliphatic carbocycles. The van der Waals surface area contributed by atoms with Crippen LogP contribution in [0.15, 0.2) is 12.1 Å². The van der Waals surface area contributed by atoms with Crippen molar-refractivity contribution in [1.82, 2.24) is 14.8 Å². The number of nitrogens with one attached hydrogen (secondary N) is 1. The van der Waals surface area contributed by atoms with Gasteiger partial charge in [0.1, 0.15) is 5.82 Å². The van der Waals surface area contributed by atoms with Crippen LogP contribution < -0.4 is 11.1 Å². The van der Waals surface area contributed by atoms with Gasteiger partial charge in [-0.15, -0.1) is 0 Å². The molecule has 7 nitrogen and oxygen atoms in total. The van der Waals surface area contributed by atoms with Gasteiger partial charge in [-0.05, 0) is 26.0 Å². The molecule has 2 rings (SSSR count). The highest BCUT2D eigenvalue weighted by Crippen LogP contribution is 2.19. The number of aryl methyl sites for hydroxylation is 2. The van der Waals surface area contributed by atoms with Gasteiger partial charge in [0.05, 0.1) is 11.4 Å². The Morgan fingerprint density at radius 2 is 2.15 bits per heavy atom. The minimum Gasteiger partial charge on any atom is -0.477 e. The van der Waals surface area contributed by atoms with Crippen LogP contribution in [0.5, 0.6) is 0 Å². The molecule has 0 bridgehead atoms. The molecule has 0 saturated carbocycles. The first kappa shape index (κ1) is 13.9. The first-order chi connectivity index (χ1) is 9.40. The summed E-state index contributed by atoms with van der Waals surface area (Å²) >= 11 is 0. The van der Waals surface area contributed by atoms with Crippen molar-refractivity contribution in [3.05, 3.63) is 34.8 Å². The van der Waals surface area contributed by atoms with Gasteiger partial charge in [0.15, 0.2) is 5.69 Å². The van der Waals surface area contributed by atoms with Crippen LogP contribution in [0.3, 0.4) is 0 Å². The quantitative estimate of drug-likeness (QED) is 0.777. The Morgan fingerprint density at radius 1 is 1.45 bits per heavy atom. The van der Waals surface area contributed by atoms with Crippen molar-refractivity contribution in [2.75, 3.05) is 11.1 Å². The van der Waals surface area contributed by atoms with Crippen molar-refractivity contribution in [1.29, 1.82) is 0 Å². The summed E-state index contributed by atoms with van der Waals surface area (Å²) in [4.78, 5) is 14.9. The largest absolute Gasteiger partial charge is 0.477 e. The van der Waals surface area contributed by atoms with Gasteiger partial charge in [-0.2, -0.15) is 5.10 Å². The highest BCUT2D eigenvalue weighted by Gasteiger charge is 2.12. The summed E-state index contributed by atoms with van der Waals surface area (Å²) in [5.41, 5.74) is 9.18. The number of carbonyl (C=O) groups is 1. The highest BCUT2D eigenvalue weighted by atomic mass is 16.4. The number of nitrogens with zero attached hydrogens (tertiary/aromatic N) is 3. The second-order valence-electron chi connectivity index (χ2n) is 4.57. The number of hydrogen-bond donors (Lipinski definition) is 3. The second-order valence-corrected chi connectivity index (χ2v) is 4.57. The third-order valence-electron chi connectivity index (χ3n) is 3.24. The lowest BCUT2D eigenvalue weighted by Crippen LogP contribution is -2.09. The first-order valence-corrected chi connectivity index (χ1v) is 6.13. The number of hydrogen-bond acceptors (Lipinski definition) is 5. The molecule has 20 heavy (non-hydrogen) atoms. The van der Waals surface area contributed by atoms with E-state index < -0.39 is 5.97 Å². The molecule has 2 aromatic heterocycles. The van der Waals surface area contributed by atoms with Crippen LogP contribution in [-0.2, 0) is 13.6 Å². The van der Waals surface area contributed by atoms with Crippen LogP contribution in [0, 0.1) is 13.8 Å². The van der Waals surface area contributed by atoms with Gasteiger partial charge in [0.2, 0.25) is 0 Å². The summed E-state index contributed by atoms with van der Waals surface area (Å²) in [5.74, 6) is -0.714. The number of rotatable bonds is 4.